The molecule has 1 aliphatic rings. The van der Waals surface area contributed by atoms with E-state index in [2.05, 4.69) is 5.32 Å². The van der Waals surface area contributed by atoms with Crippen molar-refractivity contribution in [1.82, 2.24) is 5.32 Å². The number of carboxylic acid groups (broad SMARTS) is 1. The largest absolute Gasteiger partial charge is 0.475 e. The van der Waals surface area contributed by atoms with Crippen LogP contribution in [-0.4, -0.2) is 37.2 Å². The van der Waals surface area contributed by atoms with Crippen LogP contribution < -0.4 is 5.32 Å². The molecule has 1 aromatic heterocycles. The lowest BCUT2D eigenvalue weighted by molar-refractivity contribution is 0.0657. The summed E-state index contributed by atoms with van der Waals surface area (Å²) in [5.41, 5.74) is 0.0755. The average Bonchev–Trinajstić information content (AvgIpc) is 3.02. The Labute approximate surface area is 129 Å². The van der Waals surface area contributed by atoms with Gasteiger partial charge < -0.3 is 19.6 Å². The number of methoxy groups -OCH3 is 1. The molecule has 0 unspecified atom stereocenters. The Kier molecular flexibility index (Phi) is 5.60. The predicted molar refractivity (Wildman–Crippen MR) is 80.0 cm³/mol. The van der Waals surface area contributed by atoms with Crippen molar-refractivity contribution in [2.45, 2.75) is 38.5 Å². The predicted octanol–water partition coefficient (Wildman–Crippen LogP) is 2.69. The van der Waals surface area contributed by atoms with Crippen LogP contribution in [0.15, 0.2) is 16.5 Å². The molecule has 0 spiro atoms. The smallest absolute Gasteiger partial charge is 0.371 e. The maximum Gasteiger partial charge on any atom is 0.371 e. The zero-order valence-electron chi connectivity index (χ0n) is 12.9. The van der Waals surface area contributed by atoms with Crippen LogP contribution in [0.25, 0.3) is 0 Å². The van der Waals surface area contributed by atoms with E-state index in [0.29, 0.717) is 13.2 Å². The van der Waals surface area contributed by atoms with Gasteiger partial charge in [0, 0.05) is 20.3 Å². The van der Waals surface area contributed by atoms with Crippen LogP contribution in [0, 0.1) is 5.41 Å². The van der Waals surface area contributed by atoms with Gasteiger partial charge in [0.15, 0.2) is 5.76 Å². The average molecular weight is 309 g/mol. The Morgan fingerprint density at radius 3 is 2.55 bits per heavy atom. The van der Waals surface area contributed by atoms with E-state index in [0.717, 1.165) is 19.3 Å². The first-order valence-electron chi connectivity index (χ1n) is 7.67. The summed E-state index contributed by atoms with van der Waals surface area (Å²) in [7, 11) is 1.69. The summed E-state index contributed by atoms with van der Waals surface area (Å²) in [6.07, 6.45) is 6.66. The Bertz CT molecular complexity index is 516. The maximum absolute atomic E-state index is 12.1. The number of hydrogen-bond donors (Lipinski definition) is 2. The van der Waals surface area contributed by atoms with Crippen molar-refractivity contribution in [2.75, 3.05) is 20.3 Å². The van der Waals surface area contributed by atoms with E-state index in [4.69, 9.17) is 14.3 Å². The number of aromatic carboxylic acids is 1. The van der Waals surface area contributed by atoms with Gasteiger partial charge in [-0.1, -0.05) is 19.3 Å². The Hall–Kier alpha value is -1.82. The molecule has 2 rings (SSSR count). The molecule has 0 aromatic carbocycles. The van der Waals surface area contributed by atoms with E-state index >= 15 is 0 Å². The molecule has 6 nitrogen and oxygen atoms in total. The number of nitrogens with one attached hydrogen (secondary N) is 1. The molecule has 122 valence electrons. The van der Waals surface area contributed by atoms with Gasteiger partial charge >= 0.3 is 5.97 Å². The number of carbonyl (C=O) groups excluding carboxylic acids is 1. The van der Waals surface area contributed by atoms with E-state index in [1.807, 2.05) is 0 Å². The Morgan fingerprint density at radius 2 is 1.95 bits per heavy atom. The van der Waals surface area contributed by atoms with Gasteiger partial charge in [0.2, 0.25) is 5.76 Å². The quantitative estimate of drug-likeness (QED) is 0.808. The molecule has 6 heteroatoms. The third-order valence-electron chi connectivity index (χ3n) is 4.42. The summed E-state index contributed by atoms with van der Waals surface area (Å²) in [6.45, 7) is 1.25. The van der Waals surface area contributed by atoms with Crippen molar-refractivity contribution >= 4 is 11.9 Å². The van der Waals surface area contributed by atoms with Gasteiger partial charge in [-0.2, -0.15) is 0 Å². The molecule has 1 fully saturated rings. The highest BCUT2D eigenvalue weighted by Crippen LogP contribution is 2.38. The minimum atomic E-state index is -1.18. The van der Waals surface area contributed by atoms with Gasteiger partial charge in [-0.05, 0) is 36.8 Å². The second-order valence-electron chi connectivity index (χ2n) is 5.96. The van der Waals surface area contributed by atoms with Crippen LogP contribution in [0.1, 0.15) is 59.6 Å². The van der Waals surface area contributed by atoms with Gasteiger partial charge in [0.25, 0.3) is 5.91 Å². The molecule has 0 bridgehead atoms. The molecule has 1 saturated carbocycles. The van der Waals surface area contributed by atoms with Gasteiger partial charge in [-0.3, -0.25) is 4.79 Å². The number of amides is 1. The van der Waals surface area contributed by atoms with Crippen LogP contribution in [0.2, 0.25) is 0 Å². The molecule has 1 heterocycles. The second kappa shape index (κ2) is 7.45. The van der Waals surface area contributed by atoms with Gasteiger partial charge in [0.05, 0.1) is 0 Å². The first kappa shape index (κ1) is 16.5. The lowest BCUT2D eigenvalue weighted by Crippen LogP contribution is -2.39. The molecule has 0 saturated heterocycles. The molecule has 0 aliphatic heterocycles. The molecule has 1 aromatic rings. The first-order valence-corrected chi connectivity index (χ1v) is 7.67. The summed E-state index contributed by atoms with van der Waals surface area (Å²) < 4.78 is 10.2. The highest BCUT2D eigenvalue weighted by atomic mass is 16.5. The minimum Gasteiger partial charge on any atom is -0.475 e. The first-order chi connectivity index (χ1) is 10.6. The Morgan fingerprint density at radius 1 is 1.27 bits per heavy atom. The molecule has 1 aliphatic carbocycles. The van der Waals surface area contributed by atoms with Crippen molar-refractivity contribution < 1.29 is 23.8 Å². The third kappa shape index (κ3) is 4.10. The van der Waals surface area contributed by atoms with Crippen molar-refractivity contribution in [3.05, 3.63) is 23.7 Å². The fourth-order valence-corrected chi connectivity index (χ4v) is 3.07. The lowest BCUT2D eigenvalue weighted by atomic mass is 9.72. The SMILES string of the molecule is COCCC1(CNC(=O)c2ccc(C(=O)O)o2)CCCCC1. The number of carbonyl (C=O) groups is 2. The van der Waals surface area contributed by atoms with E-state index in [1.54, 1.807) is 7.11 Å². The molecular formula is C16H23NO5. The molecule has 0 atom stereocenters. The standard InChI is InChI=1S/C16H23NO5/c1-21-10-9-16(7-3-2-4-8-16)11-17-14(18)12-5-6-13(22-12)15(19)20/h5-6H,2-4,7-11H2,1H3,(H,17,18)(H,19,20). The molecule has 0 radical (unpaired) electrons. The highest BCUT2D eigenvalue weighted by molar-refractivity contribution is 5.93. The van der Waals surface area contributed by atoms with Crippen LogP contribution in [0.3, 0.4) is 0 Å². The monoisotopic (exact) mass is 309 g/mol. The highest BCUT2D eigenvalue weighted by Gasteiger charge is 2.32. The molecule has 1 amide bonds. The number of furan rings is 1. The number of hydrogen-bond acceptors (Lipinski definition) is 4. The van der Waals surface area contributed by atoms with Gasteiger partial charge in [0.1, 0.15) is 0 Å². The van der Waals surface area contributed by atoms with Gasteiger partial charge in [-0.25, -0.2) is 4.79 Å². The number of rotatable bonds is 7. The van der Waals surface area contributed by atoms with E-state index < -0.39 is 5.97 Å². The van der Waals surface area contributed by atoms with Crippen LogP contribution >= 0.6 is 0 Å². The number of ether oxygens (including phenoxy) is 1. The topological polar surface area (TPSA) is 88.8 Å². The molecule has 22 heavy (non-hydrogen) atoms. The van der Waals surface area contributed by atoms with Crippen molar-refractivity contribution in [1.29, 1.82) is 0 Å². The van der Waals surface area contributed by atoms with E-state index in [9.17, 15) is 9.59 Å². The zero-order valence-corrected chi connectivity index (χ0v) is 12.9. The van der Waals surface area contributed by atoms with Crippen LogP contribution in [-0.2, 0) is 4.74 Å². The third-order valence-corrected chi connectivity index (χ3v) is 4.42. The van der Waals surface area contributed by atoms with Crippen molar-refractivity contribution in [2.24, 2.45) is 5.41 Å². The van der Waals surface area contributed by atoms with Crippen LogP contribution in [0.4, 0.5) is 0 Å². The van der Waals surface area contributed by atoms with E-state index in [-0.39, 0.29) is 22.8 Å². The molecular weight excluding hydrogens is 286 g/mol. The fourth-order valence-electron chi connectivity index (χ4n) is 3.07. The summed E-state index contributed by atoms with van der Waals surface area (Å²) in [4.78, 5) is 22.9. The minimum absolute atomic E-state index is 0.0371. The Balaban J connectivity index is 1.95. The second-order valence-corrected chi connectivity index (χ2v) is 5.96. The normalized spacial score (nSPS) is 17.1. The summed E-state index contributed by atoms with van der Waals surface area (Å²) in [6, 6.07) is 2.68. The van der Waals surface area contributed by atoms with Crippen LogP contribution in [0.5, 0.6) is 0 Å². The zero-order chi connectivity index (χ0) is 16.0. The lowest BCUT2D eigenvalue weighted by Gasteiger charge is -2.37. The number of carboxylic acids is 1. The summed E-state index contributed by atoms with van der Waals surface area (Å²) >= 11 is 0. The summed E-state index contributed by atoms with van der Waals surface area (Å²) in [5.74, 6) is -1.73. The van der Waals surface area contributed by atoms with Crippen molar-refractivity contribution in [3.8, 4) is 0 Å². The molecule has 2 N–H and O–H groups in total. The van der Waals surface area contributed by atoms with Gasteiger partial charge in [-0.15, -0.1) is 0 Å². The van der Waals surface area contributed by atoms with Crippen molar-refractivity contribution in [3.63, 3.8) is 0 Å². The fraction of sp³-hybridized carbons (Fsp3) is 0.625. The summed E-state index contributed by atoms with van der Waals surface area (Å²) in [5, 5.41) is 11.7. The maximum atomic E-state index is 12.1. The van der Waals surface area contributed by atoms with E-state index in [1.165, 1.54) is 31.4 Å².